The van der Waals surface area contributed by atoms with E-state index in [0.717, 1.165) is 0 Å². The number of halogens is 3. The van der Waals surface area contributed by atoms with Crippen molar-refractivity contribution in [1.29, 1.82) is 0 Å². The Morgan fingerprint density at radius 2 is 2.00 bits per heavy atom. The number of nitrogens with zero attached hydrogens (tertiary/aromatic N) is 2. The highest BCUT2D eigenvalue weighted by atomic mass is 35.5. The normalized spacial score (nSPS) is 11.4. The highest BCUT2D eigenvalue weighted by Gasteiger charge is 2.15. The third-order valence-electron chi connectivity index (χ3n) is 2.68. The summed E-state index contributed by atoms with van der Waals surface area (Å²) in [5.74, 6) is -0.761. The number of fused-ring (bicyclic) bond motifs is 1. The fraction of sp³-hybridized carbons (Fsp3) is 0.0769. The van der Waals surface area contributed by atoms with E-state index in [-0.39, 0.29) is 17.2 Å². The predicted molar refractivity (Wildman–Crippen MR) is 85.8 cm³/mol. The van der Waals surface area contributed by atoms with Crippen molar-refractivity contribution >= 4 is 63.1 Å². The second-order valence-electron chi connectivity index (χ2n) is 4.22. The van der Waals surface area contributed by atoms with Crippen LogP contribution in [0.1, 0.15) is 12.7 Å². The first kappa shape index (κ1) is 17.3. The van der Waals surface area contributed by atoms with Crippen LogP contribution in [0.2, 0.25) is 0 Å². The molecule has 0 radical (unpaired) electrons. The number of carbonyl (C=O) groups excluding carboxylic acids is 1. The van der Waals surface area contributed by atoms with E-state index < -0.39 is 20.4 Å². The van der Waals surface area contributed by atoms with Gasteiger partial charge < -0.3 is 9.25 Å². The molecule has 0 unspecified atom stereocenters. The van der Waals surface area contributed by atoms with Crippen molar-refractivity contribution in [2.45, 2.75) is 6.92 Å². The average Bonchev–Trinajstić information content (AvgIpc) is 2.94. The molecule has 23 heavy (non-hydrogen) atoms. The Bertz CT molecular complexity index is 852. The van der Waals surface area contributed by atoms with E-state index in [9.17, 15) is 14.9 Å². The molecule has 1 aromatic heterocycles. The van der Waals surface area contributed by atoms with Crippen LogP contribution in [-0.2, 0) is 9.63 Å². The summed E-state index contributed by atoms with van der Waals surface area (Å²) in [5, 5.41) is 14.3. The van der Waals surface area contributed by atoms with Gasteiger partial charge in [-0.1, -0.05) is 40.0 Å². The van der Waals surface area contributed by atoms with Gasteiger partial charge in [-0.15, -0.1) is 0 Å². The number of hydrogen-bond acceptors (Lipinski definition) is 6. The van der Waals surface area contributed by atoms with Gasteiger partial charge in [0.25, 0.3) is 5.69 Å². The fourth-order valence-electron chi connectivity index (χ4n) is 1.59. The van der Waals surface area contributed by atoms with E-state index in [2.05, 4.69) is 9.99 Å². The number of non-ortho nitro benzene ring substituents is 1. The number of nitro groups is 1. The number of nitro benzene ring substituents is 1. The van der Waals surface area contributed by atoms with Crippen molar-refractivity contribution in [3.63, 3.8) is 0 Å². The van der Waals surface area contributed by atoms with Gasteiger partial charge in [0.1, 0.15) is 15.8 Å². The minimum atomic E-state index is -1.03. The van der Waals surface area contributed by atoms with E-state index in [1.807, 2.05) is 0 Å². The van der Waals surface area contributed by atoms with Crippen LogP contribution >= 0.6 is 34.8 Å². The van der Waals surface area contributed by atoms with Gasteiger partial charge in [-0.05, 0) is 19.1 Å². The Kier molecular flexibility index (Phi) is 5.25. The first-order valence-corrected chi connectivity index (χ1v) is 7.08. The summed E-state index contributed by atoms with van der Waals surface area (Å²) >= 11 is 16.2. The monoisotopic (exact) mass is 376 g/mol. The van der Waals surface area contributed by atoms with E-state index >= 15 is 0 Å². The molecule has 0 bridgehead atoms. The van der Waals surface area contributed by atoms with E-state index in [4.69, 9.17) is 39.2 Å². The van der Waals surface area contributed by atoms with Gasteiger partial charge in [0.05, 0.1) is 4.92 Å². The zero-order valence-corrected chi connectivity index (χ0v) is 13.6. The maximum absolute atomic E-state index is 11.4. The van der Waals surface area contributed by atoms with Crippen molar-refractivity contribution in [3.05, 3.63) is 49.7 Å². The van der Waals surface area contributed by atoms with E-state index in [1.165, 1.54) is 31.2 Å². The second-order valence-corrected chi connectivity index (χ2v) is 5.55. The summed E-state index contributed by atoms with van der Waals surface area (Å²) in [6.45, 7) is 1.51. The van der Waals surface area contributed by atoms with Crippen LogP contribution < -0.4 is 0 Å². The minimum Gasteiger partial charge on any atom is -0.455 e. The third kappa shape index (κ3) is 4.01. The molecule has 120 valence electrons. The van der Waals surface area contributed by atoms with E-state index in [1.54, 1.807) is 0 Å². The highest BCUT2D eigenvalue weighted by molar-refractivity contribution is 6.62. The molecule has 1 heterocycles. The molecule has 0 saturated heterocycles. The van der Waals surface area contributed by atoms with Crippen molar-refractivity contribution in [3.8, 4) is 0 Å². The number of hydrogen-bond donors (Lipinski definition) is 0. The van der Waals surface area contributed by atoms with Crippen molar-refractivity contribution in [2.75, 3.05) is 0 Å². The third-order valence-corrected chi connectivity index (χ3v) is 3.59. The predicted octanol–water partition coefficient (Wildman–Crippen LogP) is 4.49. The number of rotatable bonds is 4. The Morgan fingerprint density at radius 1 is 1.30 bits per heavy atom. The lowest BCUT2D eigenvalue weighted by atomic mass is 10.2. The highest BCUT2D eigenvalue weighted by Crippen LogP contribution is 2.25. The first-order valence-electron chi connectivity index (χ1n) is 5.94. The van der Waals surface area contributed by atoms with Crippen LogP contribution in [0, 0.1) is 10.1 Å². The van der Waals surface area contributed by atoms with Crippen LogP contribution in [0.25, 0.3) is 11.0 Å². The summed E-state index contributed by atoms with van der Waals surface area (Å²) < 4.78 is 5.02. The molecule has 2 rings (SSSR count). The molecule has 0 amide bonds. The van der Waals surface area contributed by atoms with Gasteiger partial charge in [-0.2, -0.15) is 0 Å². The van der Waals surface area contributed by atoms with Crippen LogP contribution in [0.5, 0.6) is 0 Å². The number of benzene rings is 1. The Labute approximate surface area is 144 Å². The summed E-state index contributed by atoms with van der Waals surface area (Å²) in [7, 11) is 0. The number of furan rings is 1. The number of oxime groups is 1. The molecule has 0 atom stereocenters. The SMILES string of the molecule is C/C(=N\OC(=O)C(Cl)=C(Cl)Cl)c1cc2cc([N+](=O)[O-])ccc2o1. The van der Waals surface area contributed by atoms with Crippen LogP contribution in [0.4, 0.5) is 5.69 Å². The fourth-order valence-corrected chi connectivity index (χ4v) is 1.78. The Balaban J connectivity index is 2.25. The standard InChI is InChI=1S/C13H7Cl3N2O5/c1-6(17-23-13(19)11(14)12(15)16)10-5-7-4-8(18(20)21)2-3-9(7)22-10/h2-5H,1H3/b17-6+. The smallest absolute Gasteiger partial charge is 0.379 e. The molecule has 0 N–H and O–H groups in total. The van der Waals surface area contributed by atoms with Gasteiger partial charge in [-0.25, -0.2) is 4.79 Å². The molecule has 0 spiro atoms. The van der Waals surface area contributed by atoms with Gasteiger partial charge in [0.15, 0.2) is 10.8 Å². The number of carbonyl (C=O) groups is 1. The van der Waals surface area contributed by atoms with Crippen molar-refractivity contribution in [2.24, 2.45) is 5.16 Å². The molecule has 2 aromatic rings. The first-order chi connectivity index (χ1) is 10.8. The van der Waals surface area contributed by atoms with Gasteiger partial charge in [0.2, 0.25) is 0 Å². The summed E-state index contributed by atoms with van der Waals surface area (Å²) in [4.78, 5) is 26.2. The molecule has 1 aromatic carbocycles. The van der Waals surface area contributed by atoms with Gasteiger partial charge >= 0.3 is 5.97 Å². The quantitative estimate of drug-likeness (QED) is 0.257. The lowest BCUT2D eigenvalue weighted by molar-refractivity contribution is -0.384. The molecule has 0 aliphatic heterocycles. The summed E-state index contributed by atoms with van der Waals surface area (Å²) in [5.41, 5.74) is 0.570. The molecule has 0 saturated carbocycles. The molecular formula is C13H7Cl3N2O5. The molecule has 0 aliphatic carbocycles. The van der Waals surface area contributed by atoms with Crippen LogP contribution in [0.15, 0.2) is 43.4 Å². The summed E-state index contributed by atoms with van der Waals surface area (Å²) in [6.07, 6.45) is 0. The van der Waals surface area contributed by atoms with Crippen LogP contribution in [-0.4, -0.2) is 16.6 Å². The maximum Gasteiger partial charge on any atom is 0.379 e. The molecule has 0 fully saturated rings. The second kappa shape index (κ2) is 6.99. The lowest BCUT2D eigenvalue weighted by Crippen LogP contribution is -2.03. The van der Waals surface area contributed by atoms with E-state index in [0.29, 0.717) is 11.0 Å². The van der Waals surface area contributed by atoms with Gasteiger partial charge in [-0.3, -0.25) is 10.1 Å². The summed E-state index contributed by atoms with van der Waals surface area (Å²) in [6, 6.07) is 5.66. The van der Waals surface area contributed by atoms with Crippen molar-refractivity contribution < 1.29 is 19.0 Å². The molecule has 0 aliphatic rings. The Hall–Kier alpha value is -2.09. The van der Waals surface area contributed by atoms with Gasteiger partial charge in [0, 0.05) is 17.5 Å². The largest absolute Gasteiger partial charge is 0.455 e. The molecule has 10 heteroatoms. The topological polar surface area (TPSA) is 94.9 Å². The zero-order chi connectivity index (χ0) is 17.1. The molecule has 7 nitrogen and oxygen atoms in total. The zero-order valence-electron chi connectivity index (χ0n) is 11.4. The Morgan fingerprint density at radius 3 is 2.61 bits per heavy atom. The molecular weight excluding hydrogens is 371 g/mol. The maximum atomic E-state index is 11.4. The minimum absolute atomic E-state index is 0.0699. The van der Waals surface area contributed by atoms with Crippen LogP contribution in [0.3, 0.4) is 0 Å². The lowest BCUT2D eigenvalue weighted by Gasteiger charge is -1.97. The van der Waals surface area contributed by atoms with Crippen molar-refractivity contribution in [1.82, 2.24) is 0 Å². The average molecular weight is 378 g/mol.